The van der Waals surface area contributed by atoms with Gasteiger partial charge in [-0.05, 0) is 40.5 Å². The fraction of sp³-hybridized carbons (Fsp3) is 0.0476. The highest BCUT2D eigenvalue weighted by molar-refractivity contribution is 5.99. The number of amides is 1. The van der Waals surface area contributed by atoms with Crippen molar-refractivity contribution >= 4 is 17.0 Å². The lowest BCUT2D eigenvalue weighted by Gasteiger charge is -2.09. The summed E-state index contributed by atoms with van der Waals surface area (Å²) in [6.45, 7) is 0. The van der Waals surface area contributed by atoms with E-state index in [1.807, 2.05) is 66.7 Å². The van der Waals surface area contributed by atoms with Crippen LogP contribution in [0.15, 0.2) is 71.1 Å². The van der Waals surface area contributed by atoms with Crippen molar-refractivity contribution < 1.29 is 9.21 Å². The maximum absolute atomic E-state index is 12.1. The number of benzene rings is 3. The molecule has 0 aliphatic heterocycles. The average Bonchev–Trinajstić information content (AvgIpc) is 3.20. The summed E-state index contributed by atoms with van der Waals surface area (Å²) >= 11 is 0. The normalized spacial score (nSPS) is 15.1. The summed E-state index contributed by atoms with van der Waals surface area (Å²) in [5, 5.41) is 0. The van der Waals surface area contributed by atoms with Crippen LogP contribution in [0.5, 0.6) is 0 Å². The lowest BCUT2D eigenvalue weighted by atomic mass is 9.95. The molecule has 0 bridgehead atoms. The van der Waals surface area contributed by atoms with E-state index in [9.17, 15) is 4.79 Å². The maximum Gasteiger partial charge on any atom is 0.229 e. The van der Waals surface area contributed by atoms with Crippen LogP contribution >= 0.6 is 0 Å². The number of nitrogens with zero attached hydrogens (tertiary/aromatic N) is 1. The number of fused-ring (bicyclic) bond motifs is 4. The second-order valence-corrected chi connectivity index (χ2v) is 6.18. The zero-order chi connectivity index (χ0) is 17.0. The molecule has 120 valence electrons. The molecule has 5 rings (SSSR count). The lowest BCUT2D eigenvalue weighted by Crippen LogP contribution is -2.20. The molecule has 1 aromatic heterocycles. The highest BCUT2D eigenvalue weighted by Gasteiger charge is 2.34. The van der Waals surface area contributed by atoms with Gasteiger partial charge in [-0.2, -0.15) is 0 Å². The summed E-state index contributed by atoms with van der Waals surface area (Å²) < 4.78 is 5.96. The summed E-state index contributed by atoms with van der Waals surface area (Å²) in [6, 6.07) is 21.4. The fourth-order valence-electron chi connectivity index (χ4n) is 3.73. The molecule has 1 heterocycles. The van der Waals surface area contributed by atoms with Gasteiger partial charge in [-0.25, -0.2) is 4.98 Å². The Kier molecular flexibility index (Phi) is 2.82. The number of carbonyl (C=O) groups is 1. The number of carbonyl (C=O) groups excluding carboxylic acids is 1. The summed E-state index contributed by atoms with van der Waals surface area (Å²) in [7, 11) is 0. The van der Waals surface area contributed by atoms with Crippen LogP contribution in [-0.2, 0) is 4.79 Å². The summed E-state index contributed by atoms with van der Waals surface area (Å²) in [6.07, 6.45) is 0. The molecule has 1 aliphatic rings. The van der Waals surface area contributed by atoms with Crippen LogP contribution in [-0.4, -0.2) is 10.9 Å². The molecule has 0 spiro atoms. The van der Waals surface area contributed by atoms with E-state index >= 15 is 0 Å². The van der Waals surface area contributed by atoms with Crippen molar-refractivity contribution in [3.63, 3.8) is 0 Å². The van der Waals surface area contributed by atoms with Gasteiger partial charge in [0.05, 0.1) is 5.92 Å². The Morgan fingerprint density at radius 3 is 2.44 bits per heavy atom. The van der Waals surface area contributed by atoms with Crippen molar-refractivity contribution in [3.8, 4) is 22.6 Å². The van der Waals surface area contributed by atoms with Crippen LogP contribution in [0.1, 0.15) is 17.0 Å². The first kappa shape index (κ1) is 14.0. The summed E-state index contributed by atoms with van der Waals surface area (Å²) in [4.78, 5) is 16.7. The van der Waals surface area contributed by atoms with Gasteiger partial charge in [0, 0.05) is 5.56 Å². The molecule has 1 amide bonds. The van der Waals surface area contributed by atoms with Crippen LogP contribution in [0.4, 0.5) is 0 Å². The second kappa shape index (κ2) is 5.05. The van der Waals surface area contributed by atoms with Crippen LogP contribution in [0.3, 0.4) is 0 Å². The van der Waals surface area contributed by atoms with E-state index in [4.69, 9.17) is 10.2 Å². The van der Waals surface area contributed by atoms with Gasteiger partial charge in [0.15, 0.2) is 5.58 Å². The van der Waals surface area contributed by atoms with Crippen molar-refractivity contribution in [2.75, 3.05) is 0 Å². The summed E-state index contributed by atoms with van der Waals surface area (Å²) in [5.41, 5.74) is 12.0. The van der Waals surface area contributed by atoms with Gasteiger partial charge in [0.1, 0.15) is 5.52 Å². The summed E-state index contributed by atoms with van der Waals surface area (Å²) in [5.74, 6) is -0.227. The van der Waals surface area contributed by atoms with Crippen molar-refractivity contribution in [2.24, 2.45) is 5.73 Å². The van der Waals surface area contributed by atoms with E-state index in [2.05, 4.69) is 4.98 Å². The van der Waals surface area contributed by atoms with E-state index < -0.39 is 5.92 Å². The first-order valence-electron chi connectivity index (χ1n) is 8.11. The molecular weight excluding hydrogens is 312 g/mol. The molecule has 1 atom stereocenters. The van der Waals surface area contributed by atoms with Crippen molar-refractivity contribution in [3.05, 3.63) is 77.9 Å². The number of primary amides is 1. The van der Waals surface area contributed by atoms with Crippen LogP contribution in [0, 0.1) is 0 Å². The lowest BCUT2D eigenvalue weighted by molar-refractivity contribution is -0.118. The molecule has 0 unspecified atom stereocenters. The Labute approximate surface area is 143 Å². The van der Waals surface area contributed by atoms with Gasteiger partial charge in [-0.1, -0.05) is 48.5 Å². The monoisotopic (exact) mass is 326 g/mol. The first-order chi connectivity index (χ1) is 12.2. The number of nitrogens with two attached hydrogens (primary N) is 1. The number of hydrogen-bond donors (Lipinski definition) is 1. The minimum absolute atomic E-state index is 0.346. The van der Waals surface area contributed by atoms with Crippen molar-refractivity contribution in [2.45, 2.75) is 5.92 Å². The highest BCUT2D eigenvalue weighted by Crippen LogP contribution is 2.48. The van der Waals surface area contributed by atoms with E-state index in [0.29, 0.717) is 5.89 Å². The van der Waals surface area contributed by atoms with E-state index in [-0.39, 0.29) is 5.91 Å². The van der Waals surface area contributed by atoms with Gasteiger partial charge < -0.3 is 10.2 Å². The Morgan fingerprint density at radius 1 is 0.880 bits per heavy atom. The molecule has 1 aliphatic carbocycles. The quantitative estimate of drug-likeness (QED) is 0.603. The average molecular weight is 326 g/mol. The molecule has 0 saturated carbocycles. The minimum Gasteiger partial charge on any atom is -0.436 e. The SMILES string of the molecule is NC(=O)[C@@H]1c2ccccc2-c2c(-c3nc4ccccc4o3)cccc21. The standard InChI is InChI=1S/C21H14N2O2/c22-20(24)19-13-7-2-1-6-12(13)18-14(19)8-5-9-15(18)21-23-16-10-3-4-11-17(16)25-21/h1-11,19H,(H2,22,24)/t19-/m1/s1. The predicted octanol–water partition coefficient (Wildman–Crippen LogP) is 4.09. The smallest absolute Gasteiger partial charge is 0.229 e. The molecular formula is C21H14N2O2. The highest BCUT2D eigenvalue weighted by atomic mass is 16.3. The number of para-hydroxylation sites is 2. The fourth-order valence-corrected chi connectivity index (χ4v) is 3.73. The molecule has 0 fully saturated rings. The van der Waals surface area contributed by atoms with Crippen molar-refractivity contribution in [1.82, 2.24) is 4.98 Å². The first-order valence-corrected chi connectivity index (χ1v) is 8.11. The van der Waals surface area contributed by atoms with Gasteiger partial charge >= 0.3 is 0 Å². The Morgan fingerprint density at radius 2 is 1.60 bits per heavy atom. The number of hydrogen-bond acceptors (Lipinski definition) is 3. The molecule has 0 saturated heterocycles. The van der Waals surface area contributed by atoms with Gasteiger partial charge in [-0.15, -0.1) is 0 Å². The molecule has 4 aromatic rings. The van der Waals surface area contributed by atoms with Crippen molar-refractivity contribution in [1.29, 1.82) is 0 Å². The zero-order valence-electron chi connectivity index (χ0n) is 13.3. The molecule has 3 aromatic carbocycles. The predicted molar refractivity (Wildman–Crippen MR) is 95.9 cm³/mol. The zero-order valence-corrected chi connectivity index (χ0v) is 13.3. The second-order valence-electron chi connectivity index (χ2n) is 6.18. The molecule has 4 heteroatoms. The van der Waals surface area contributed by atoms with Crippen LogP contribution in [0.2, 0.25) is 0 Å². The van der Waals surface area contributed by atoms with Gasteiger partial charge in [0.2, 0.25) is 11.8 Å². The van der Waals surface area contributed by atoms with E-state index in [1.165, 1.54) is 0 Å². The van der Waals surface area contributed by atoms with Crippen LogP contribution in [0.25, 0.3) is 33.7 Å². The van der Waals surface area contributed by atoms with Gasteiger partial charge in [-0.3, -0.25) is 4.79 Å². The van der Waals surface area contributed by atoms with Gasteiger partial charge in [0.25, 0.3) is 0 Å². The van der Waals surface area contributed by atoms with E-state index in [1.54, 1.807) is 0 Å². The Hall–Kier alpha value is -3.40. The number of rotatable bonds is 2. The Bertz CT molecular complexity index is 1110. The Balaban J connectivity index is 1.82. The van der Waals surface area contributed by atoms with Crippen LogP contribution < -0.4 is 5.73 Å². The maximum atomic E-state index is 12.1. The third kappa shape index (κ3) is 1.94. The van der Waals surface area contributed by atoms with E-state index in [0.717, 1.165) is 38.9 Å². The topological polar surface area (TPSA) is 69.1 Å². The molecule has 2 N–H and O–H groups in total. The largest absolute Gasteiger partial charge is 0.436 e. The number of oxazole rings is 1. The molecule has 4 nitrogen and oxygen atoms in total. The number of aromatic nitrogens is 1. The molecule has 0 radical (unpaired) electrons. The molecule has 25 heavy (non-hydrogen) atoms. The third-order valence-corrected chi connectivity index (χ3v) is 4.76. The minimum atomic E-state index is -0.435. The third-order valence-electron chi connectivity index (χ3n) is 4.76.